The van der Waals surface area contributed by atoms with E-state index in [1.165, 1.54) is 5.56 Å². The second-order valence-electron chi connectivity index (χ2n) is 8.20. The summed E-state index contributed by atoms with van der Waals surface area (Å²) in [5.41, 5.74) is 3.19. The lowest BCUT2D eigenvalue weighted by Gasteiger charge is -2.39. The third-order valence-electron chi connectivity index (χ3n) is 6.00. The SMILES string of the molecule is COc1ccccc1CNC(=O)C1CCC2S/C(=C/c3ccc(C)cc3)C(=O)NC2C1. The largest absolute Gasteiger partial charge is 0.496 e. The van der Waals surface area contributed by atoms with E-state index >= 15 is 0 Å². The van der Waals surface area contributed by atoms with Gasteiger partial charge in [-0.15, -0.1) is 11.8 Å². The molecule has 2 aliphatic rings. The Morgan fingerprint density at radius 2 is 1.97 bits per heavy atom. The molecule has 162 valence electrons. The maximum absolute atomic E-state index is 12.8. The van der Waals surface area contributed by atoms with Crippen LogP contribution in [0.25, 0.3) is 6.08 Å². The van der Waals surface area contributed by atoms with E-state index in [0.29, 0.717) is 18.2 Å². The topological polar surface area (TPSA) is 67.4 Å². The summed E-state index contributed by atoms with van der Waals surface area (Å²) in [6.45, 7) is 2.49. The van der Waals surface area contributed by atoms with E-state index in [-0.39, 0.29) is 23.8 Å². The molecule has 2 aromatic carbocycles. The van der Waals surface area contributed by atoms with Crippen molar-refractivity contribution in [2.75, 3.05) is 7.11 Å². The molecule has 0 bridgehead atoms. The molecule has 5 nitrogen and oxygen atoms in total. The molecule has 1 saturated carbocycles. The van der Waals surface area contributed by atoms with Gasteiger partial charge < -0.3 is 15.4 Å². The third kappa shape index (κ3) is 5.13. The fraction of sp³-hybridized carbons (Fsp3) is 0.360. The second kappa shape index (κ2) is 9.60. The Bertz CT molecular complexity index is 987. The first-order valence-corrected chi connectivity index (χ1v) is 11.6. The lowest BCUT2D eigenvalue weighted by atomic mass is 9.84. The van der Waals surface area contributed by atoms with Gasteiger partial charge in [0.2, 0.25) is 5.91 Å². The minimum Gasteiger partial charge on any atom is -0.496 e. The minimum absolute atomic E-state index is 0.0310. The normalized spacial score (nSPS) is 24.3. The van der Waals surface area contributed by atoms with E-state index in [1.54, 1.807) is 18.9 Å². The minimum atomic E-state index is -0.0838. The van der Waals surface area contributed by atoms with Gasteiger partial charge in [0.15, 0.2) is 0 Å². The smallest absolute Gasteiger partial charge is 0.257 e. The first-order chi connectivity index (χ1) is 15.0. The molecule has 3 unspecified atom stereocenters. The van der Waals surface area contributed by atoms with Crippen molar-refractivity contribution in [1.82, 2.24) is 10.6 Å². The van der Waals surface area contributed by atoms with Crippen LogP contribution in [-0.2, 0) is 16.1 Å². The van der Waals surface area contributed by atoms with Crippen molar-refractivity contribution in [2.45, 2.75) is 44.0 Å². The van der Waals surface area contributed by atoms with Crippen LogP contribution in [0.1, 0.15) is 36.0 Å². The fourth-order valence-electron chi connectivity index (χ4n) is 4.22. The van der Waals surface area contributed by atoms with Crippen LogP contribution in [0.5, 0.6) is 5.75 Å². The van der Waals surface area contributed by atoms with E-state index in [2.05, 4.69) is 29.7 Å². The van der Waals surface area contributed by atoms with E-state index in [4.69, 9.17) is 4.74 Å². The maximum atomic E-state index is 12.8. The summed E-state index contributed by atoms with van der Waals surface area (Å²) in [6.07, 6.45) is 4.38. The number of amides is 2. The van der Waals surface area contributed by atoms with Crippen molar-refractivity contribution in [3.63, 3.8) is 0 Å². The number of ether oxygens (including phenoxy) is 1. The van der Waals surface area contributed by atoms with Crippen molar-refractivity contribution in [1.29, 1.82) is 0 Å². The molecular weight excluding hydrogens is 408 g/mol. The number of thioether (sulfide) groups is 1. The highest BCUT2D eigenvalue weighted by molar-refractivity contribution is 8.04. The van der Waals surface area contributed by atoms with Crippen LogP contribution in [-0.4, -0.2) is 30.2 Å². The van der Waals surface area contributed by atoms with Gasteiger partial charge in [-0.05, 0) is 43.9 Å². The molecule has 2 amide bonds. The zero-order valence-electron chi connectivity index (χ0n) is 17.9. The Morgan fingerprint density at radius 3 is 2.74 bits per heavy atom. The average Bonchev–Trinajstić information content (AvgIpc) is 2.79. The van der Waals surface area contributed by atoms with Gasteiger partial charge in [-0.1, -0.05) is 48.0 Å². The molecular formula is C25H28N2O3S. The van der Waals surface area contributed by atoms with Crippen molar-refractivity contribution in [3.05, 3.63) is 70.1 Å². The standard InChI is InChI=1S/C25H28N2O3S/c1-16-7-9-17(10-8-16)13-23-25(29)27-20-14-18(11-12-22(20)31-23)24(28)26-15-19-5-3-4-6-21(19)30-2/h3-10,13,18,20,22H,11-12,14-15H2,1-2H3,(H,26,28)(H,27,29)/b23-13+. The second-order valence-corrected chi connectivity index (χ2v) is 9.48. The Hall–Kier alpha value is -2.73. The Kier molecular flexibility index (Phi) is 6.66. The zero-order chi connectivity index (χ0) is 21.8. The molecule has 3 atom stereocenters. The summed E-state index contributed by atoms with van der Waals surface area (Å²) in [5, 5.41) is 6.51. The third-order valence-corrected chi connectivity index (χ3v) is 7.42. The van der Waals surface area contributed by atoms with Gasteiger partial charge in [0, 0.05) is 29.3 Å². The summed E-state index contributed by atoms with van der Waals surface area (Å²) in [5.74, 6) is 0.696. The van der Waals surface area contributed by atoms with Crippen LogP contribution >= 0.6 is 11.8 Å². The van der Waals surface area contributed by atoms with Crippen LogP contribution in [0.2, 0.25) is 0 Å². The van der Waals surface area contributed by atoms with E-state index in [0.717, 1.165) is 34.6 Å². The first kappa shape index (κ1) is 21.5. The number of carbonyl (C=O) groups is 2. The molecule has 0 spiro atoms. The van der Waals surface area contributed by atoms with Crippen LogP contribution in [0.4, 0.5) is 0 Å². The van der Waals surface area contributed by atoms with E-state index < -0.39 is 0 Å². The summed E-state index contributed by atoms with van der Waals surface area (Å²) in [6, 6.07) is 15.9. The highest BCUT2D eigenvalue weighted by atomic mass is 32.2. The molecule has 1 aliphatic heterocycles. The number of nitrogens with one attached hydrogen (secondary N) is 2. The van der Waals surface area contributed by atoms with Crippen molar-refractivity contribution < 1.29 is 14.3 Å². The first-order valence-electron chi connectivity index (χ1n) is 10.7. The Labute approximate surface area is 187 Å². The molecule has 2 fully saturated rings. The lowest BCUT2D eigenvalue weighted by Crippen LogP contribution is -2.51. The molecule has 2 aromatic rings. The molecule has 31 heavy (non-hydrogen) atoms. The summed E-state index contributed by atoms with van der Waals surface area (Å²) >= 11 is 1.65. The summed E-state index contributed by atoms with van der Waals surface area (Å²) in [7, 11) is 1.63. The predicted octanol–water partition coefficient (Wildman–Crippen LogP) is 4.06. The summed E-state index contributed by atoms with van der Waals surface area (Å²) in [4.78, 5) is 26.2. The fourth-order valence-corrected chi connectivity index (χ4v) is 5.51. The molecule has 4 rings (SSSR count). The number of aryl methyl sites for hydroxylation is 1. The summed E-state index contributed by atoms with van der Waals surface area (Å²) < 4.78 is 5.36. The highest BCUT2D eigenvalue weighted by Gasteiger charge is 2.39. The highest BCUT2D eigenvalue weighted by Crippen LogP contribution is 2.40. The molecule has 1 aliphatic carbocycles. The molecule has 0 radical (unpaired) electrons. The molecule has 1 heterocycles. The number of rotatable bonds is 5. The van der Waals surface area contributed by atoms with Crippen LogP contribution in [0.15, 0.2) is 53.4 Å². The molecule has 2 N–H and O–H groups in total. The Balaban J connectivity index is 1.35. The van der Waals surface area contributed by atoms with Crippen molar-refractivity contribution in [3.8, 4) is 5.75 Å². The maximum Gasteiger partial charge on any atom is 0.257 e. The monoisotopic (exact) mass is 436 g/mol. The van der Waals surface area contributed by atoms with Gasteiger partial charge >= 0.3 is 0 Å². The van der Waals surface area contributed by atoms with E-state index in [1.807, 2.05) is 42.5 Å². The predicted molar refractivity (Wildman–Crippen MR) is 125 cm³/mol. The quantitative estimate of drug-likeness (QED) is 0.694. The number of para-hydroxylation sites is 1. The lowest BCUT2D eigenvalue weighted by molar-refractivity contribution is -0.127. The average molecular weight is 437 g/mol. The molecule has 1 saturated heterocycles. The van der Waals surface area contributed by atoms with Crippen LogP contribution < -0.4 is 15.4 Å². The van der Waals surface area contributed by atoms with Gasteiger partial charge in [-0.25, -0.2) is 0 Å². The molecule has 6 heteroatoms. The zero-order valence-corrected chi connectivity index (χ0v) is 18.7. The van der Waals surface area contributed by atoms with Gasteiger partial charge in [-0.2, -0.15) is 0 Å². The van der Waals surface area contributed by atoms with Crippen molar-refractivity contribution >= 4 is 29.7 Å². The van der Waals surface area contributed by atoms with Gasteiger partial charge in [0.1, 0.15) is 5.75 Å². The number of methoxy groups -OCH3 is 1. The number of hydrogen-bond acceptors (Lipinski definition) is 4. The number of benzene rings is 2. The van der Waals surface area contributed by atoms with Crippen LogP contribution in [0, 0.1) is 12.8 Å². The number of fused-ring (bicyclic) bond motifs is 1. The number of carbonyl (C=O) groups excluding carboxylic acids is 2. The Morgan fingerprint density at radius 1 is 1.19 bits per heavy atom. The van der Waals surface area contributed by atoms with Crippen LogP contribution in [0.3, 0.4) is 0 Å². The van der Waals surface area contributed by atoms with E-state index in [9.17, 15) is 9.59 Å². The number of hydrogen-bond donors (Lipinski definition) is 2. The van der Waals surface area contributed by atoms with Crippen molar-refractivity contribution in [2.24, 2.45) is 5.92 Å². The van der Waals surface area contributed by atoms with Gasteiger partial charge in [-0.3, -0.25) is 9.59 Å². The van der Waals surface area contributed by atoms with Gasteiger partial charge in [0.25, 0.3) is 5.91 Å². The van der Waals surface area contributed by atoms with Gasteiger partial charge in [0.05, 0.1) is 12.0 Å². The molecule has 0 aromatic heterocycles.